The Morgan fingerprint density at radius 2 is 1.76 bits per heavy atom. The van der Waals surface area contributed by atoms with Crippen LogP contribution in [0.5, 0.6) is 0 Å². The summed E-state index contributed by atoms with van der Waals surface area (Å²) in [5.41, 5.74) is 0.993. The first-order valence-electron chi connectivity index (χ1n) is 7.62. The lowest BCUT2D eigenvalue weighted by molar-refractivity contribution is -0.134. The zero-order valence-corrected chi connectivity index (χ0v) is 14.9. The Hall–Kier alpha value is -2.54. The number of nitrogens with zero attached hydrogens (tertiary/aromatic N) is 3. The summed E-state index contributed by atoms with van der Waals surface area (Å²) in [7, 11) is 4.16. The van der Waals surface area contributed by atoms with Gasteiger partial charge in [-0.15, -0.1) is 11.6 Å². The molecule has 1 aliphatic heterocycles. The normalized spacial score (nSPS) is 18.4. The Bertz CT molecular complexity index is 618. The highest BCUT2D eigenvalue weighted by atomic mass is 35.5. The van der Waals surface area contributed by atoms with Gasteiger partial charge in [0.15, 0.2) is 0 Å². The topological polar surface area (TPSA) is 93.4 Å². The summed E-state index contributed by atoms with van der Waals surface area (Å²) in [6.45, 7) is 0.995. The Labute approximate surface area is 151 Å². The molecule has 2 N–H and O–H groups in total. The molecule has 0 amide bonds. The van der Waals surface area contributed by atoms with Gasteiger partial charge in [0.25, 0.3) is 0 Å². The average molecular weight is 368 g/mol. The standard InChI is InChI=1S/C13H18ClN3.C4H4O4/c1-16-10-12(8-9-14)17(2)13(16)15-11-6-4-3-5-7-11;5-3(6)1-2-4(7)8/h3-7,12H,8-10H2,1-2H3;1-2H,(H,5,6)(H,7,8). The predicted octanol–water partition coefficient (Wildman–Crippen LogP) is 2.26. The van der Waals surface area contributed by atoms with Crippen LogP contribution in [0.3, 0.4) is 0 Å². The summed E-state index contributed by atoms with van der Waals surface area (Å²) < 4.78 is 0. The van der Waals surface area contributed by atoms with Crippen LogP contribution >= 0.6 is 11.6 Å². The van der Waals surface area contributed by atoms with Crippen molar-refractivity contribution in [3.63, 3.8) is 0 Å². The number of aliphatic imine (C=N–C) groups is 1. The van der Waals surface area contributed by atoms with Crippen LogP contribution in [0, 0.1) is 0 Å². The van der Waals surface area contributed by atoms with Crippen molar-refractivity contribution in [2.75, 3.05) is 26.5 Å². The first-order valence-corrected chi connectivity index (χ1v) is 8.16. The van der Waals surface area contributed by atoms with E-state index in [9.17, 15) is 9.59 Å². The summed E-state index contributed by atoms with van der Waals surface area (Å²) in [6, 6.07) is 10.5. The molecule has 1 heterocycles. The average Bonchev–Trinajstić information content (AvgIpc) is 2.83. The van der Waals surface area contributed by atoms with E-state index in [1.165, 1.54) is 0 Å². The van der Waals surface area contributed by atoms with Gasteiger partial charge in [0.05, 0.1) is 11.7 Å². The number of carboxylic acids is 2. The van der Waals surface area contributed by atoms with Crippen molar-refractivity contribution in [3.8, 4) is 0 Å². The Balaban J connectivity index is 0.000000333. The number of carbonyl (C=O) groups is 2. The summed E-state index contributed by atoms with van der Waals surface area (Å²) in [6.07, 6.45) is 2.11. The van der Waals surface area contributed by atoms with Gasteiger partial charge in [-0.05, 0) is 18.6 Å². The Morgan fingerprint density at radius 1 is 1.20 bits per heavy atom. The summed E-state index contributed by atoms with van der Waals surface area (Å²) >= 11 is 5.82. The fourth-order valence-corrected chi connectivity index (χ4v) is 2.54. The van der Waals surface area contributed by atoms with Crippen molar-refractivity contribution in [3.05, 3.63) is 42.5 Å². The lowest BCUT2D eigenvalue weighted by Gasteiger charge is -2.19. The van der Waals surface area contributed by atoms with E-state index in [1.807, 2.05) is 30.3 Å². The fraction of sp³-hybridized carbons (Fsp3) is 0.353. The molecule has 0 aromatic heterocycles. The number of guanidine groups is 1. The largest absolute Gasteiger partial charge is 0.478 e. The molecule has 1 aromatic rings. The van der Waals surface area contributed by atoms with E-state index in [-0.39, 0.29) is 0 Å². The lowest BCUT2D eigenvalue weighted by Crippen LogP contribution is -2.31. The molecule has 1 aromatic carbocycles. The molecule has 0 aliphatic carbocycles. The number of rotatable bonds is 5. The third-order valence-corrected chi connectivity index (χ3v) is 3.70. The van der Waals surface area contributed by atoms with Crippen LogP contribution in [0.25, 0.3) is 0 Å². The summed E-state index contributed by atoms with van der Waals surface area (Å²) in [5.74, 6) is -0.798. The maximum atomic E-state index is 9.55. The smallest absolute Gasteiger partial charge is 0.328 e. The minimum absolute atomic E-state index is 0.472. The molecule has 1 unspecified atom stereocenters. The van der Waals surface area contributed by atoms with Crippen LogP contribution in [0.1, 0.15) is 6.42 Å². The molecule has 8 heteroatoms. The molecule has 1 fully saturated rings. The second-order valence-corrected chi connectivity index (χ2v) is 5.76. The number of halogens is 1. The minimum atomic E-state index is -1.26. The number of para-hydroxylation sites is 1. The number of likely N-dealkylation sites (N-methyl/N-ethyl adjacent to an activating group) is 2. The molecule has 7 nitrogen and oxygen atoms in total. The van der Waals surface area contributed by atoms with Crippen molar-refractivity contribution in [1.82, 2.24) is 9.80 Å². The van der Waals surface area contributed by atoms with E-state index in [0.717, 1.165) is 24.6 Å². The summed E-state index contributed by atoms with van der Waals surface area (Å²) in [4.78, 5) is 28.2. The van der Waals surface area contributed by atoms with E-state index >= 15 is 0 Å². The molecule has 136 valence electrons. The van der Waals surface area contributed by atoms with Crippen LogP contribution in [0.15, 0.2) is 47.5 Å². The molecule has 25 heavy (non-hydrogen) atoms. The van der Waals surface area contributed by atoms with Crippen LogP contribution in [-0.4, -0.2) is 70.5 Å². The first-order chi connectivity index (χ1) is 11.8. The van der Waals surface area contributed by atoms with E-state index < -0.39 is 11.9 Å². The van der Waals surface area contributed by atoms with Gasteiger partial charge in [0.2, 0.25) is 5.96 Å². The molecule has 2 rings (SSSR count). The number of hydrogen-bond acceptors (Lipinski definition) is 3. The van der Waals surface area contributed by atoms with Gasteiger partial charge in [-0.1, -0.05) is 18.2 Å². The monoisotopic (exact) mass is 367 g/mol. The first kappa shape index (κ1) is 20.5. The van der Waals surface area contributed by atoms with Gasteiger partial charge < -0.3 is 20.0 Å². The number of benzene rings is 1. The van der Waals surface area contributed by atoms with E-state index in [4.69, 9.17) is 21.8 Å². The van der Waals surface area contributed by atoms with Crippen molar-refractivity contribution in [2.24, 2.45) is 4.99 Å². The highest BCUT2D eigenvalue weighted by Gasteiger charge is 2.29. The van der Waals surface area contributed by atoms with E-state index in [0.29, 0.717) is 24.1 Å². The van der Waals surface area contributed by atoms with E-state index in [2.05, 4.69) is 28.9 Å². The molecule has 1 atom stereocenters. The fourth-order valence-electron chi connectivity index (χ4n) is 2.29. The maximum absolute atomic E-state index is 9.55. The SMILES string of the molecule is CN1CC(CCCl)N(C)C1=Nc1ccccc1.O=C(O)C=CC(=O)O. The molecule has 0 radical (unpaired) electrons. The zero-order chi connectivity index (χ0) is 18.8. The molecule has 0 spiro atoms. The second kappa shape index (κ2) is 10.4. The second-order valence-electron chi connectivity index (χ2n) is 5.38. The minimum Gasteiger partial charge on any atom is -0.478 e. The van der Waals surface area contributed by atoms with E-state index in [1.54, 1.807) is 0 Å². The van der Waals surface area contributed by atoms with Gasteiger partial charge in [-0.3, -0.25) is 0 Å². The Kier molecular flexibility index (Phi) is 8.49. The molecule has 1 saturated heterocycles. The molecule has 1 aliphatic rings. The number of alkyl halides is 1. The van der Waals surface area contributed by atoms with Crippen LogP contribution in [-0.2, 0) is 9.59 Å². The number of carboxylic acid groups (broad SMARTS) is 2. The van der Waals surface area contributed by atoms with Crippen molar-refractivity contribution in [1.29, 1.82) is 0 Å². The predicted molar refractivity (Wildman–Crippen MR) is 97.5 cm³/mol. The number of aliphatic carboxylic acids is 2. The van der Waals surface area contributed by atoms with Crippen molar-refractivity contribution < 1.29 is 19.8 Å². The van der Waals surface area contributed by atoms with Crippen LogP contribution in [0.4, 0.5) is 5.69 Å². The van der Waals surface area contributed by atoms with Crippen LogP contribution in [0.2, 0.25) is 0 Å². The maximum Gasteiger partial charge on any atom is 0.328 e. The number of hydrogen-bond donors (Lipinski definition) is 2. The van der Waals surface area contributed by atoms with Crippen molar-refractivity contribution >= 4 is 35.2 Å². The third-order valence-electron chi connectivity index (χ3n) is 3.49. The quantitative estimate of drug-likeness (QED) is 0.612. The summed E-state index contributed by atoms with van der Waals surface area (Å²) in [5, 5.41) is 15.6. The van der Waals surface area contributed by atoms with Gasteiger partial charge in [-0.2, -0.15) is 0 Å². The third kappa shape index (κ3) is 7.26. The Morgan fingerprint density at radius 3 is 2.24 bits per heavy atom. The molecular weight excluding hydrogens is 346 g/mol. The van der Waals surface area contributed by atoms with Gasteiger partial charge in [0, 0.05) is 38.7 Å². The molecule has 0 saturated carbocycles. The van der Waals surface area contributed by atoms with Gasteiger partial charge in [-0.25, -0.2) is 14.6 Å². The zero-order valence-electron chi connectivity index (χ0n) is 14.2. The van der Waals surface area contributed by atoms with Gasteiger partial charge >= 0.3 is 11.9 Å². The highest BCUT2D eigenvalue weighted by Crippen LogP contribution is 2.19. The molecular formula is C17H22ClN3O4. The highest BCUT2D eigenvalue weighted by molar-refractivity contribution is 6.17. The van der Waals surface area contributed by atoms with Crippen molar-refractivity contribution in [2.45, 2.75) is 12.5 Å². The lowest BCUT2D eigenvalue weighted by atomic mass is 10.2. The van der Waals surface area contributed by atoms with Gasteiger partial charge in [0.1, 0.15) is 0 Å². The van der Waals surface area contributed by atoms with Crippen LogP contribution < -0.4 is 0 Å². The molecule has 0 bridgehead atoms.